The highest BCUT2D eigenvalue weighted by molar-refractivity contribution is 5.55. The monoisotopic (exact) mass is 251 g/mol. The molecule has 0 aromatic heterocycles. The Balaban J connectivity index is 2.22. The highest BCUT2D eigenvalue weighted by Gasteiger charge is 2.30. The number of rotatable bonds is 6. The van der Waals surface area contributed by atoms with Crippen molar-refractivity contribution < 1.29 is 9.50 Å². The number of halogens is 1. The van der Waals surface area contributed by atoms with Crippen LogP contribution >= 0.6 is 0 Å². The van der Waals surface area contributed by atoms with Crippen LogP contribution < -0.4 is 4.90 Å². The zero-order valence-electron chi connectivity index (χ0n) is 11.2. The molecule has 0 atom stereocenters. The molecule has 1 fully saturated rings. The number of nitrogens with zero attached hydrogens (tertiary/aromatic N) is 1. The molecule has 1 aliphatic carbocycles. The van der Waals surface area contributed by atoms with E-state index in [4.69, 9.17) is 0 Å². The quantitative estimate of drug-likeness (QED) is 0.838. The van der Waals surface area contributed by atoms with E-state index >= 15 is 0 Å². The Morgan fingerprint density at radius 3 is 2.67 bits per heavy atom. The lowest BCUT2D eigenvalue weighted by molar-refractivity contribution is 0.276. The van der Waals surface area contributed by atoms with Crippen LogP contribution in [-0.4, -0.2) is 17.7 Å². The minimum absolute atomic E-state index is 0.229. The first-order valence-electron chi connectivity index (χ1n) is 6.78. The number of aliphatic hydroxyl groups is 1. The maximum Gasteiger partial charge on any atom is 0.130 e. The first kappa shape index (κ1) is 13.3. The third-order valence-corrected chi connectivity index (χ3v) is 3.50. The van der Waals surface area contributed by atoms with Crippen molar-refractivity contribution in [3.63, 3.8) is 0 Å². The van der Waals surface area contributed by atoms with E-state index in [9.17, 15) is 9.50 Å². The van der Waals surface area contributed by atoms with Gasteiger partial charge in [0.05, 0.1) is 6.61 Å². The second kappa shape index (κ2) is 5.70. The molecule has 100 valence electrons. The smallest absolute Gasteiger partial charge is 0.130 e. The minimum Gasteiger partial charge on any atom is -0.391 e. The second-order valence-corrected chi connectivity index (χ2v) is 5.50. The molecule has 1 aromatic carbocycles. The summed E-state index contributed by atoms with van der Waals surface area (Å²) in [6, 6.07) is 5.61. The van der Waals surface area contributed by atoms with Crippen LogP contribution in [0.1, 0.15) is 38.7 Å². The SMILES string of the molecule is CC(C)CCN(c1cccc(F)c1CO)C1CC1. The van der Waals surface area contributed by atoms with Crippen LogP contribution in [0, 0.1) is 11.7 Å². The standard InChI is InChI=1S/C15H22FNO/c1-11(2)8-9-17(12-6-7-12)15-5-3-4-14(16)13(15)10-18/h3-5,11-12,18H,6-10H2,1-2H3. The fourth-order valence-electron chi connectivity index (χ4n) is 2.26. The molecule has 0 saturated heterocycles. The number of hydrogen-bond acceptors (Lipinski definition) is 2. The summed E-state index contributed by atoms with van der Waals surface area (Å²) < 4.78 is 13.7. The van der Waals surface area contributed by atoms with Crippen molar-refractivity contribution in [1.82, 2.24) is 0 Å². The highest BCUT2D eigenvalue weighted by Crippen LogP contribution is 2.34. The highest BCUT2D eigenvalue weighted by atomic mass is 19.1. The van der Waals surface area contributed by atoms with Gasteiger partial charge >= 0.3 is 0 Å². The molecule has 18 heavy (non-hydrogen) atoms. The van der Waals surface area contributed by atoms with E-state index in [1.54, 1.807) is 6.07 Å². The average molecular weight is 251 g/mol. The summed E-state index contributed by atoms with van der Waals surface area (Å²) in [5.74, 6) is 0.336. The maximum atomic E-state index is 13.7. The summed E-state index contributed by atoms with van der Waals surface area (Å²) in [6.07, 6.45) is 3.46. The number of hydrogen-bond donors (Lipinski definition) is 1. The van der Waals surface area contributed by atoms with Gasteiger partial charge in [-0.2, -0.15) is 0 Å². The van der Waals surface area contributed by atoms with E-state index in [0.717, 1.165) is 18.7 Å². The molecule has 2 rings (SSSR count). The van der Waals surface area contributed by atoms with Crippen molar-refractivity contribution in [2.45, 2.75) is 45.8 Å². The predicted octanol–water partition coefficient (Wildman–Crippen LogP) is 3.33. The lowest BCUT2D eigenvalue weighted by Crippen LogP contribution is -2.29. The minimum atomic E-state index is -0.301. The molecule has 0 spiro atoms. The molecule has 1 N–H and O–H groups in total. The Hall–Kier alpha value is -1.09. The third kappa shape index (κ3) is 3.02. The van der Waals surface area contributed by atoms with Crippen molar-refractivity contribution in [3.8, 4) is 0 Å². The van der Waals surface area contributed by atoms with E-state index in [1.807, 2.05) is 6.07 Å². The first-order chi connectivity index (χ1) is 8.63. The van der Waals surface area contributed by atoms with E-state index in [-0.39, 0.29) is 12.4 Å². The summed E-state index contributed by atoms with van der Waals surface area (Å²) in [7, 11) is 0. The number of anilines is 1. The molecule has 3 heteroatoms. The molecule has 2 nitrogen and oxygen atoms in total. The Labute approximate surface area is 108 Å². The van der Waals surface area contributed by atoms with Gasteiger partial charge in [0.2, 0.25) is 0 Å². The normalized spacial score (nSPS) is 15.2. The Morgan fingerprint density at radius 2 is 2.11 bits per heavy atom. The fraction of sp³-hybridized carbons (Fsp3) is 0.600. The van der Waals surface area contributed by atoms with Crippen LogP contribution in [0.25, 0.3) is 0 Å². The van der Waals surface area contributed by atoms with E-state index in [2.05, 4.69) is 18.7 Å². The van der Waals surface area contributed by atoms with Crippen LogP contribution in [0.4, 0.5) is 10.1 Å². The van der Waals surface area contributed by atoms with Crippen molar-refractivity contribution in [3.05, 3.63) is 29.6 Å². The van der Waals surface area contributed by atoms with Crippen molar-refractivity contribution in [2.75, 3.05) is 11.4 Å². The van der Waals surface area contributed by atoms with Gasteiger partial charge < -0.3 is 10.0 Å². The van der Waals surface area contributed by atoms with Crippen LogP contribution in [0.15, 0.2) is 18.2 Å². The molecule has 0 heterocycles. The molecule has 0 amide bonds. The van der Waals surface area contributed by atoms with Crippen LogP contribution in [-0.2, 0) is 6.61 Å². The number of benzene rings is 1. The molecule has 0 unspecified atom stereocenters. The van der Waals surface area contributed by atoms with Gasteiger partial charge in [0.25, 0.3) is 0 Å². The van der Waals surface area contributed by atoms with E-state index < -0.39 is 0 Å². The molecule has 0 radical (unpaired) electrons. The Morgan fingerprint density at radius 1 is 1.39 bits per heavy atom. The van der Waals surface area contributed by atoms with Gasteiger partial charge in [-0.05, 0) is 37.3 Å². The van der Waals surface area contributed by atoms with Crippen LogP contribution in [0.5, 0.6) is 0 Å². The van der Waals surface area contributed by atoms with E-state index in [1.165, 1.54) is 18.9 Å². The molecule has 1 saturated carbocycles. The molecule has 0 aliphatic heterocycles. The third-order valence-electron chi connectivity index (χ3n) is 3.50. The van der Waals surface area contributed by atoms with Gasteiger partial charge in [-0.3, -0.25) is 0 Å². The lowest BCUT2D eigenvalue weighted by Gasteiger charge is -2.27. The fourth-order valence-corrected chi connectivity index (χ4v) is 2.26. The van der Waals surface area contributed by atoms with Crippen molar-refractivity contribution in [1.29, 1.82) is 0 Å². The van der Waals surface area contributed by atoms with E-state index in [0.29, 0.717) is 17.5 Å². The summed E-state index contributed by atoms with van der Waals surface area (Å²) >= 11 is 0. The average Bonchev–Trinajstić information content (AvgIpc) is 3.13. The maximum absolute atomic E-state index is 13.7. The van der Waals surface area contributed by atoms with Gasteiger partial charge in [-0.15, -0.1) is 0 Å². The van der Waals surface area contributed by atoms with Gasteiger partial charge in [0.1, 0.15) is 5.82 Å². The Kier molecular flexibility index (Phi) is 4.23. The first-order valence-corrected chi connectivity index (χ1v) is 6.78. The molecule has 1 aromatic rings. The summed E-state index contributed by atoms with van der Waals surface area (Å²) in [4.78, 5) is 2.27. The van der Waals surface area contributed by atoms with Gasteiger partial charge in [-0.25, -0.2) is 4.39 Å². The lowest BCUT2D eigenvalue weighted by atomic mass is 10.1. The Bertz CT molecular complexity index is 401. The van der Waals surface area contributed by atoms with Crippen molar-refractivity contribution >= 4 is 5.69 Å². The predicted molar refractivity (Wildman–Crippen MR) is 72.1 cm³/mol. The number of aliphatic hydroxyl groups excluding tert-OH is 1. The summed E-state index contributed by atoms with van der Waals surface area (Å²) in [5, 5.41) is 9.36. The molecular formula is C15H22FNO. The molecular weight excluding hydrogens is 229 g/mol. The van der Waals surface area contributed by atoms with Gasteiger partial charge in [-0.1, -0.05) is 19.9 Å². The molecule has 0 bridgehead atoms. The zero-order valence-corrected chi connectivity index (χ0v) is 11.2. The summed E-state index contributed by atoms with van der Waals surface area (Å²) in [6.45, 7) is 5.11. The topological polar surface area (TPSA) is 23.5 Å². The van der Waals surface area contributed by atoms with Crippen molar-refractivity contribution in [2.24, 2.45) is 5.92 Å². The summed E-state index contributed by atoms with van der Waals surface area (Å²) in [5.41, 5.74) is 1.31. The van der Waals surface area contributed by atoms with Gasteiger partial charge in [0, 0.05) is 23.8 Å². The molecule has 1 aliphatic rings. The second-order valence-electron chi connectivity index (χ2n) is 5.50. The van der Waals surface area contributed by atoms with Gasteiger partial charge in [0.15, 0.2) is 0 Å². The largest absolute Gasteiger partial charge is 0.391 e. The zero-order chi connectivity index (χ0) is 13.1. The van der Waals surface area contributed by atoms with Crippen LogP contribution in [0.2, 0.25) is 0 Å². The van der Waals surface area contributed by atoms with Crippen LogP contribution in [0.3, 0.4) is 0 Å².